The third-order valence-corrected chi connectivity index (χ3v) is 31.8. The summed E-state index contributed by atoms with van der Waals surface area (Å²) in [6.07, 6.45) is 0.742. The molecule has 193 valence electrons. The molecule has 5 aromatic rings. The number of carbonyl (C=O) groups is 1. The van der Waals surface area contributed by atoms with E-state index in [1.54, 1.807) is 0 Å². The van der Waals surface area contributed by atoms with Crippen LogP contribution in [0.15, 0.2) is 127 Å². The molecule has 0 radical (unpaired) electrons. The zero-order valence-electron chi connectivity index (χ0n) is 21.6. The third-order valence-electron chi connectivity index (χ3n) is 7.74. The summed E-state index contributed by atoms with van der Waals surface area (Å²) < 4.78 is 4.35. The molecule has 0 aromatic heterocycles. The Morgan fingerprint density at radius 3 is 1.97 bits per heavy atom. The molecular formula is C33H28Cl2NOSiTi. The Hall–Kier alpha value is -2.92. The standard InChI is InChI=1S/C13H9.C12H11Si.C8H9NO.2ClH.Ti/c1-3-7-12-10(5-1)9-11-6-2-4-8-13(11)12;1-3-7-11(8-4-1)13-12-9-5-2-6-10-12;1-6-3-2-4-7(5-6)8(9)10;;;/h1-5,7-8H,9H2;1-10,13H;2-5H,1H3,(H2,9,10);2*1H;/q;;;;;+3/p-3. The summed E-state index contributed by atoms with van der Waals surface area (Å²) in [5.41, 5.74) is 6.32. The van der Waals surface area contributed by atoms with Gasteiger partial charge in [0, 0.05) is 0 Å². The first-order valence-electron chi connectivity index (χ1n) is 13.1. The molecule has 0 saturated carbocycles. The third kappa shape index (κ3) is 4.73. The summed E-state index contributed by atoms with van der Waals surface area (Å²) in [5.74, 6) is -0.224. The van der Waals surface area contributed by atoms with Crippen molar-refractivity contribution in [3.05, 3.63) is 150 Å². The number of fused-ring (bicyclic) bond motifs is 3. The zero-order chi connectivity index (χ0) is 27.1. The summed E-state index contributed by atoms with van der Waals surface area (Å²) in [4.78, 5) is 14.1. The number of benzene rings is 5. The molecule has 1 aliphatic rings. The van der Waals surface area contributed by atoms with E-state index in [2.05, 4.69) is 64.5 Å². The summed E-state index contributed by atoms with van der Waals surface area (Å²) >= 11 is -5.21. The molecule has 1 N–H and O–H groups in total. The molecule has 5 aromatic carbocycles. The fourth-order valence-corrected chi connectivity index (χ4v) is 31.6. The van der Waals surface area contributed by atoms with Crippen LogP contribution in [0, 0.1) is 6.92 Å². The van der Waals surface area contributed by atoms with Gasteiger partial charge in [0.25, 0.3) is 0 Å². The van der Waals surface area contributed by atoms with Crippen LogP contribution in [0.25, 0.3) is 11.1 Å². The second kappa shape index (κ2) is 10.2. The monoisotopic (exact) mass is 600 g/mol. The van der Waals surface area contributed by atoms with Crippen LogP contribution in [0.4, 0.5) is 0 Å². The van der Waals surface area contributed by atoms with Crippen LogP contribution < -0.4 is 18.0 Å². The number of hydrogen-bond donors (Lipinski definition) is 1. The van der Waals surface area contributed by atoms with Gasteiger partial charge in [0.1, 0.15) is 0 Å². The van der Waals surface area contributed by atoms with Crippen LogP contribution >= 0.6 is 18.6 Å². The molecule has 1 aliphatic carbocycles. The molecule has 6 heteroatoms. The molecule has 39 heavy (non-hydrogen) atoms. The van der Waals surface area contributed by atoms with Crippen molar-refractivity contribution in [2.75, 3.05) is 0 Å². The molecule has 0 atom stereocenters. The molecule has 0 aliphatic heterocycles. The average Bonchev–Trinajstić information content (AvgIpc) is 3.33. The van der Waals surface area contributed by atoms with Crippen molar-refractivity contribution in [2.45, 2.75) is 13.3 Å². The van der Waals surface area contributed by atoms with Gasteiger partial charge in [-0.1, -0.05) is 0 Å². The Kier molecular flexibility index (Phi) is 6.91. The van der Waals surface area contributed by atoms with Crippen molar-refractivity contribution in [1.29, 1.82) is 0 Å². The van der Waals surface area contributed by atoms with E-state index < -0.39 is 19.4 Å². The van der Waals surface area contributed by atoms with Crippen molar-refractivity contribution in [3.63, 3.8) is 0 Å². The molecule has 2 nitrogen and oxygen atoms in total. The van der Waals surface area contributed by atoms with Gasteiger partial charge in [0.05, 0.1) is 0 Å². The topological polar surface area (TPSA) is 29.1 Å². The molecular weight excluding hydrogens is 573 g/mol. The minimum absolute atomic E-state index is 0.224. The van der Waals surface area contributed by atoms with Crippen LogP contribution in [0.1, 0.15) is 27.0 Å². The quantitative estimate of drug-likeness (QED) is 0.231. The number of nitrogens with one attached hydrogen (secondary N) is 1. The predicted molar refractivity (Wildman–Crippen MR) is 164 cm³/mol. The van der Waals surface area contributed by atoms with E-state index in [1.807, 2.05) is 73.7 Å². The number of halogens is 2. The second-order valence-electron chi connectivity index (χ2n) is 10.3. The molecule has 0 unspecified atom stereocenters. The van der Waals surface area contributed by atoms with Crippen molar-refractivity contribution >= 4 is 45.4 Å². The van der Waals surface area contributed by atoms with E-state index in [9.17, 15) is 4.79 Å². The number of hydrogen-bond acceptors (Lipinski definition) is 1. The van der Waals surface area contributed by atoms with Gasteiger partial charge in [0.2, 0.25) is 0 Å². The van der Waals surface area contributed by atoms with Gasteiger partial charge in [-0.25, -0.2) is 0 Å². The Balaban J connectivity index is 1.63. The Labute approximate surface area is 239 Å². The molecule has 0 saturated heterocycles. The first kappa shape index (κ1) is 26.3. The Bertz CT molecular complexity index is 1650. The summed E-state index contributed by atoms with van der Waals surface area (Å²) in [5, 5.41) is 2.23. The van der Waals surface area contributed by atoms with Gasteiger partial charge in [-0.2, -0.15) is 0 Å². The van der Waals surface area contributed by atoms with E-state index in [0.29, 0.717) is 5.56 Å². The molecule has 0 fully saturated rings. The van der Waals surface area contributed by atoms with Crippen LogP contribution in [0.3, 0.4) is 0 Å². The van der Waals surface area contributed by atoms with Gasteiger partial charge >= 0.3 is 241 Å². The SMILES string of the molecule is Cc1cccc(C(=O)[NH][Ti]([Cl])([Cl])([c]2cccc3c2Cc2ccccc2-3)[SiH](c2ccccc2)c2ccccc2)c1. The summed E-state index contributed by atoms with van der Waals surface area (Å²) in [6, 6.07) is 43.0. The maximum absolute atomic E-state index is 14.1. The van der Waals surface area contributed by atoms with E-state index in [4.69, 9.17) is 18.6 Å². The van der Waals surface area contributed by atoms with Crippen LogP contribution in [0.2, 0.25) is 0 Å². The molecule has 0 heterocycles. The van der Waals surface area contributed by atoms with Crippen LogP contribution in [-0.4, -0.2) is 12.6 Å². The minimum atomic E-state index is -5.21. The average molecular weight is 601 g/mol. The van der Waals surface area contributed by atoms with Gasteiger partial charge < -0.3 is 0 Å². The fraction of sp³-hybridized carbons (Fsp3) is 0.0606. The van der Waals surface area contributed by atoms with Gasteiger partial charge in [0.15, 0.2) is 0 Å². The predicted octanol–water partition coefficient (Wildman–Crippen LogP) is 6.07. The second-order valence-corrected chi connectivity index (χ2v) is 34.9. The van der Waals surface area contributed by atoms with Crippen molar-refractivity contribution in [1.82, 2.24) is 3.80 Å². The number of amides is 1. The summed E-state index contributed by atoms with van der Waals surface area (Å²) in [6.45, 7) is -0.474. The van der Waals surface area contributed by atoms with Crippen LogP contribution in [-0.2, 0) is 19.1 Å². The molecule has 6 rings (SSSR count). The van der Waals surface area contributed by atoms with E-state index >= 15 is 0 Å². The fourth-order valence-electron chi connectivity index (χ4n) is 6.02. The Morgan fingerprint density at radius 1 is 0.718 bits per heavy atom. The summed E-state index contributed by atoms with van der Waals surface area (Å²) in [7, 11) is 16.3. The number of aryl methyl sites for hydroxylation is 1. The zero-order valence-corrected chi connectivity index (χ0v) is 25.8. The number of carbonyl (C=O) groups excluding carboxylic acids is 1. The van der Waals surface area contributed by atoms with Gasteiger partial charge in [-0.3, -0.25) is 0 Å². The van der Waals surface area contributed by atoms with Crippen LogP contribution in [0.5, 0.6) is 0 Å². The first-order valence-corrected chi connectivity index (χ1v) is 23.4. The normalized spacial score (nSPS) is 13.3. The maximum atomic E-state index is 14.1. The Morgan fingerprint density at radius 2 is 1.31 bits per heavy atom. The first-order chi connectivity index (χ1) is 18.8. The number of rotatable bonds is 6. The van der Waals surface area contributed by atoms with Gasteiger partial charge in [-0.15, -0.1) is 0 Å². The molecule has 1 amide bonds. The van der Waals surface area contributed by atoms with E-state index in [-0.39, 0.29) is 5.91 Å². The van der Waals surface area contributed by atoms with E-state index in [0.717, 1.165) is 37.4 Å². The van der Waals surface area contributed by atoms with Crippen molar-refractivity contribution < 1.29 is 17.5 Å². The van der Waals surface area contributed by atoms with E-state index in [1.165, 1.54) is 11.1 Å². The van der Waals surface area contributed by atoms with Crippen molar-refractivity contribution in [2.24, 2.45) is 0 Å². The molecule has 0 spiro atoms. The molecule has 0 bridgehead atoms. The van der Waals surface area contributed by atoms with Gasteiger partial charge in [-0.05, 0) is 0 Å². The van der Waals surface area contributed by atoms with Crippen molar-refractivity contribution in [3.8, 4) is 11.1 Å².